The van der Waals surface area contributed by atoms with Crippen LogP contribution in [0.25, 0.3) is 6.08 Å². The first kappa shape index (κ1) is 21.3. The van der Waals surface area contributed by atoms with E-state index in [2.05, 4.69) is 5.43 Å². The third-order valence-electron chi connectivity index (χ3n) is 3.95. The monoisotopic (exact) mass is 444 g/mol. The van der Waals surface area contributed by atoms with Crippen LogP contribution in [0.3, 0.4) is 0 Å². The summed E-state index contributed by atoms with van der Waals surface area (Å²) in [5.41, 5.74) is 3.29. The minimum absolute atomic E-state index is 0.0712. The summed E-state index contributed by atoms with van der Waals surface area (Å²) in [7, 11) is 0. The van der Waals surface area contributed by atoms with E-state index in [1.807, 2.05) is 0 Å². The van der Waals surface area contributed by atoms with Crippen LogP contribution in [0.4, 0.5) is 0 Å². The second-order valence-electron chi connectivity index (χ2n) is 6.18. The Hall–Kier alpha value is -3.37. The molecule has 1 fully saturated rings. The van der Waals surface area contributed by atoms with E-state index in [0.717, 1.165) is 16.8 Å². The van der Waals surface area contributed by atoms with Crippen molar-refractivity contribution < 1.29 is 29.3 Å². The maximum atomic E-state index is 12.6. The normalized spacial score (nSPS) is 15.9. The number of phenols is 1. The van der Waals surface area contributed by atoms with Gasteiger partial charge in [0.15, 0.2) is 10.4 Å². The van der Waals surface area contributed by atoms with Crippen molar-refractivity contribution in [1.29, 1.82) is 0 Å². The summed E-state index contributed by atoms with van der Waals surface area (Å²) in [6.07, 6.45) is 0.617. The number of rotatable bonds is 6. The van der Waals surface area contributed by atoms with E-state index in [1.165, 1.54) is 31.2 Å². The SMILES string of the molecule is CC(Oc1ccc(/C=C2\SC(=S)N(NC(=O)c3cccc(O)c3)C2=O)cc1)C(=O)O. The number of carboxylic acids is 1. The Kier molecular flexibility index (Phi) is 6.38. The molecular weight excluding hydrogens is 428 g/mol. The smallest absolute Gasteiger partial charge is 0.344 e. The minimum Gasteiger partial charge on any atom is -0.508 e. The number of ether oxygens (including phenoxy) is 1. The lowest BCUT2D eigenvalue weighted by atomic mass is 10.2. The molecule has 8 nitrogen and oxygen atoms in total. The molecule has 154 valence electrons. The van der Waals surface area contributed by atoms with Crippen LogP contribution in [0.1, 0.15) is 22.8 Å². The molecule has 1 unspecified atom stereocenters. The maximum Gasteiger partial charge on any atom is 0.344 e. The number of thioether (sulfide) groups is 1. The van der Waals surface area contributed by atoms with Gasteiger partial charge in [0.1, 0.15) is 11.5 Å². The average Bonchev–Trinajstić information content (AvgIpc) is 2.96. The average molecular weight is 444 g/mol. The molecule has 0 radical (unpaired) electrons. The molecule has 1 atom stereocenters. The zero-order valence-electron chi connectivity index (χ0n) is 15.6. The van der Waals surface area contributed by atoms with Crippen LogP contribution in [-0.4, -0.2) is 43.4 Å². The van der Waals surface area contributed by atoms with Gasteiger partial charge >= 0.3 is 5.97 Å². The number of nitrogens with zero attached hydrogens (tertiary/aromatic N) is 1. The van der Waals surface area contributed by atoms with Gasteiger partial charge in [-0.1, -0.05) is 30.0 Å². The molecule has 0 saturated carbocycles. The number of aromatic hydroxyl groups is 1. The Labute approximate surface area is 181 Å². The van der Waals surface area contributed by atoms with Crippen LogP contribution >= 0.6 is 24.0 Å². The molecule has 1 aliphatic heterocycles. The highest BCUT2D eigenvalue weighted by atomic mass is 32.2. The number of carbonyl (C=O) groups excluding carboxylic acids is 2. The highest BCUT2D eigenvalue weighted by Gasteiger charge is 2.33. The van der Waals surface area contributed by atoms with Crippen molar-refractivity contribution in [2.75, 3.05) is 0 Å². The number of hydrogen-bond acceptors (Lipinski definition) is 7. The second-order valence-corrected chi connectivity index (χ2v) is 7.85. The summed E-state index contributed by atoms with van der Waals surface area (Å²) >= 11 is 6.22. The first-order valence-corrected chi connectivity index (χ1v) is 9.84. The van der Waals surface area contributed by atoms with E-state index in [1.54, 1.807) is 30.3 Å². The molecule has 0 aromatic heterocycles. The Balaban J connectivity index is 1.70. The molecule has 3 N–H and O–H groups in total. The van der Waals surface area contributed by atoms with Gasteiger partial charge in [0.2, 0.25) is 0 Å². The Morgan fingerprint density at radius 2 is 1.93 bits per heavy atom. The molecule has 2 amide bonds. The van der Waals surface area contributed by atoms with E-state index in [-0.39, 0.29) is 15.6 Å². The zero-order chi connectivity index (χ0) is 21.8. The molecule has 0 aliphatic carbocycles. The van der Waals surface area contributed by atoms with Gasteiger partial charge in [0, 0.05) is 5.56 Å². The summed E-state index contributed by atoms with van der Waals surface area (Å²) < 4.78 is 5.43. The van der Waals surface area contributed by atoms with Gasteiger partial charge in [-0.15, -0.1) is 0 Å². The van der Waals surface area contributed by atoms with Crippen molar-refractivity contribution in [3.63, 3.8) is 0 Å². The summed E-state index contributed by atoms with van der Waals surface area (Å²) in [5.74, 6) is -1.84. The van der Waals surface area contributed by atoms with Crippen molar-refractivity contribution in [2.45, 2.75) is 13.0 Å². The zero-order valence-corrected chi connectivity index (χ0v) is 17.2. The van der Waals surface area contributed by atoms with Crippen LogP contribution in [0.2, 0.25) is 0 Å². The maximum absolute atomic E-state index is 12.6. The van der Waals surface area contributed by atoms with Crippen LogP contribution in [0.5, 0.6) is 11.5 Å². The van der Waals surface area contributed by atoms with Crippen LogP contribution < -0.4 is 10.2 Å². The Bertz CT molecular complexity index is 1050. The fourth-order valence-corrected chi connectivity index (χ4v) is 3.61. The van der Waals surface area contributed by atoms with Crippen LogP contribution in [-0.2, 0) is 9.59 Å². The van der Waals surface area contributed by atoms with Crippen LogP contribution in [0.15, 0.2) is 53.4 Å². The summed E-state index contributed by atoms with van der Waals surface area (Å²) in [6.45, 7) is 1.42. The molecule has 0 spiro atoms. The molecule has 10 heteroatoms. The molecule has 30 heavy (non-hydrogen) atoms. The number of carbonyl (C=O) groups is 3. The molecule has 2 aromatic rings. The third-order valence-corrected chi connectivity index (χ3v) is 5.26. The number of thiocarbonyl (C=S) groups is 1. The predicted molar refractivity (Wildman–Crippen MR) is 115 cm³/mol. The third kappa shape index (κ3) is 4.97. The fourth-order valence-electron chi connectivity index (χ4n) is 2.43. The Morgan fingerprint density at radius 3 is 2.57 bits per heavy atom. The van der Waals surface area contributed by atoms with Gasteiger partial charge in [-0.25, -0.2) is 4.79 Å². The lowest BCUT2D eigenvalue weighted by molar-refractivity contribution is -0.144. The molecule has 1 saturated heterocycles. The topological polar surface area (TPSA) is 116 Å². The number of hydrogen-bond donors (Lipinski definition) is 3. The predicted octanol–water partition coefficient (Wildman–Crippen LogP) is 2.79. The fraction of sp³-hybridized carbons (Fsp3) is 0.100. The second kappa shape index (κ2) is 8.97. The number of hydrazine groups is 1. The number of carboxylic acid groups (broad SMARTS) is 1. The highest BCUT2D eigenvalue weighted by Crippen LogP contribution is 2.32. The summed E-state index contributed by atoms with van der Waals surface area (Å²) in [5, 5.41) is 19.3. The van der Waals surface area contributed by atoms with E-state index in [0.29, 0.717) is 16.2 Å². The van der Waals surface area contributed by atoms with Gasteiger partial charge in [0.05, 0.1) is 4.91 Å². The lowest BCUT2D eigenvalue weighted by Gasteiger charge is -2.15. The van der Waals surface area contributed by atoms with Gasteiger partial charge in [0.25, 0.3) is 11.8 Å². The van der Waals surface area contributed by atoms with Gasteiger partial charge in [-0.2, -0.15) is 5.01 Å². The van der Waals surface area contributed by atoms with E-state index >= 15 is 0 Å². The molecule has 1 aliphatic rings. The highest BCUT2D eigenvalue weighted by molar-refractivity contribution is 8.26. The van der Waals surface area contributed by atoms with E-state index in [4.69, 9.17) is 22.1 Å². The van der Waals surface area contributed by atoms with Gasteiger partial charge in [-0.3, -0.25) is 15.0 Å². The van der Waals surface area contributed by atoms with Crippen molar-refractivity contribution in [1.82, 2.24) is 10.4 Å². The van der Waals surface area contributed by atoms with Crippen molar-refractivity contribution in [2.24, 2.45) is 0 Å². The molecule has 1 heterocycles. The summed E-state index contributed by atoms with van der Waals surface area (Å²) in [4.78, 5) is 36.1. The van der Waals surface area contributed by atoms with Crippen molar-refractivity contribution in [3.8, 4) is 11.5 Å². The molecule has 0 bridgehead atoms. The number of phenolic OH excluding ortho intramolecular Hbond substituents is 1. The quantitative estimate of drug-likeness (QED) is 0.460. The van der Waals surface area contributed by atoms with E-state index < -0.39 is 23.9 Å². The first-order valence-electron chi connectivity index (χ1n) is 8.62. The number of benzene rings is 2. The molecular formula is C20H16N2O6S2. The number of nitrogens with one attached hydrogen (secondary N) is 1. The van der Waals surface area contributed by atoms with Gasteiger partial charge < -0.3 is 14.9 Å². The van der Waals surface area contributed by atoms with E-state index in [9.17, 15) is 19.5 Å². The largest absolute Gasteiger partial charge is 0.508 e. The number of aliphatic carboxylic acids is 1. The molecule has 2 aromatic carbocycles. The number of amides is 2. The Morgan fingerprint density at radius 1 is 1.23 bits per heavy atom. The van der Waals surface area contributed by atoms with Crippen LogP contribution in [0, 0.1) is 0 Å². The van der Waals surface area contributed by atoms with Crippen molar-refractivity contribution in [3.05, 3.63) is 64.6 Å². The standard InChI is InChI=1S/C20H16N2O6S2/c1-11(19(26)27)28-15-7-5-12(6-8-15)9-16-18(25)22(20(29)30-16)21-17(24)13-3-2-4-14(23)10-13/h2-11,23H,1H3,(H,21,24)(H,26,27)/b16-9-. The minimum atomic E-state index is -1.07. The summed E-state index contributed by atoms with van der Waals surface area (Å²) in [6, 6.07) is 12.2. The van der Waals surface area contributed by atoms with Gasteiger partial charge in [-0.05, 0) is 61.1 Å². The lowest BCUT2D eigenvalue weighted by Crippen LogP contribution is -2.44. The van der Waals surface area contributed by atoms with Crippen molar-refractivity contribution >= 4 is 52.2 Å². The first-order chi connectivity index (χ1) is 14.2. The molecule has 3 rings (SSSR count).